The van der Waals surface area contributed by atoms with Crippen molar-refractivity contribution >= 4 is 27.5 Å². The van der Waals surface area contributed by atoms with E-state index < -0.39 is 11.6 Å². The first kappa shape index (κ1) is 13.7. The van der Waals surface area contributed by atoms with Crippen molar-refractivity contribution in [2.24, 2.45) is 0 Å². The van der Waals surface area contributed by atoms with Gasteiger partial charge in [-0.3, -0.25) is 0 Å². The van der Waals surface area contributed by atoms with Crippen LogP contribution in [-0.2, 0) is 0 Å². The molecule has 7 heteroatoms. The molecule has 1 aromatic carbocycles. The summed E-state index contributed by atoms with van der Waals surface area (Å²) in [4.78, 5) is 3.77. The van der Waals surface area contributed by atoms with Gasteiger partial charge in [-0.25, -0.2) is 9.37 Å². The zero-order valence-corrected chi connectivity index (χ0v) is 11.5. The first-order valence-electron chi connectivity index (χ1n) is 4.89. The minimum absolute atomic E-state index is 0.0185. The highest BCUT2D eigenvalue weighted by atomic mass is 79.9. The number of aromatic nitrogens is 1. The number of hydrogen-bond acceptors (Lipinski definition) is 3. The Balaban J connectivity index is 2.42. The molecule has 0 fully saturated rings. The predicted molar refractivity (Wildman–Crippen MR) is 68.1 cm³/mol. The third-order valence-electron chi connectivity index (χ3n) is 2.07. The van der Waals surface area contributed by atoms with Gasteiger partial charge in [-0.2, -0.15) is 9.65 Å². The summed E-state index contributed by atoms with van der Waals surface area (Å²) in [7, 11) is 0. The van der Waals surface area contributed by atoms with Crippen molar-refractivity contribution in [3.63, 3.8) is 0 Å². The van der Waals surface area contributed by atoms with E-state index in [0.29, 0.717) is 4.47 Å². The van der Waals surface area contributed by atoms with Crippen LogP contribution >= 0.6 is 27.5 Å². The van der Waals surface area contributed by atoms with Gasteiger partial charge in [-0.15, -0.1) is 0 Å². The highest BCUT2D eigenvalue weighted by Crippen LogP contribution is 2.29. The number of nitriles is 1. The van der Waals surface area contributed by atoms with Crippen LogP contribution in [0.5, 0.6) is 11.6 Å². The van der Waals surface area contributed by atoms with Gasteiger partial charge in [0.25, 0.3) is 0 Å². The number of pyridine rings is 1. The van der Waals surface area contributed by atoms with E-state index in [9.17, 15) is 8.78 Å². The van der Waals surface area contributed by atoms with Crippen LogP contribution in [0.4, 0.5) is 8.78 Å². The topological polar surface area (TPSA) is 45.9 Å². The number of benzene rings is 1. The summed E-state index contributed by atoms with van der Waals surface area (Å²) in [6.07, 6.45) is 0. The van der Waals surface area contributed by atoms with Gasteiger partial charge in [0.1, 0.15) is 5.15 Å². The molecule has 0 atom stereocenters. The minimum Gasteiger partial charge on any atom is -0.436 e. The van der Waals surface area contributed by atoms with Crippen LogP contribution < -0.4 is 4.74 Å². The van der Waals surface area contributed by atoms with Gasteiger partial charge >= 0.3 is 0 Å². The van der Waals surface area contributed by atoms with Gasteiger partial charge < -0.3 is 4.74 Å². The fourth-order valence-corrected chi connectivity index (χ4v) is 1.92. The van der Waals surface area contributed by atoms with E-state index in [1.54, 1.807) is 0 Å². The summed E-state index contributed by atoms with van der Waals surface area (Å²) in [5.41, 5.74) is 0.200. The molecule has 96 valence electrons. The van der Waals surface area contributed by atoms with E-state index in [1.807, 2.05) is 6.07 Å². The predicted octanol–water partition coefficient (Wildman–Crippen LogP) is 4.44. The quantitative estimate of drug-likeness (QED) is 0.597. The van der Waals surface area contributed by atoms with Crippen LogP contribution in [0.2, 0.25) is 5.15 Å². The van der Waals surface area contributed by atoms with Gasteiger partial charge in [-0.05, 0) is 18.2 Å². The van der Waals surface area contributed by atoms with E-state index in [4.69, 9.17) is 21.6 Å². The molecule has 1 heterocycles. The normalized spacial score (nSPS) is 10.1. The maximum absolute atomic E-state index is 13.5. The molecule has 0 N–H and O–H groups in total. The molecule has 2 rings (SSSR count). The third-order valence-corrected chi connectivity index (χ3v) is 2.73. The second-order valence-electron chi connectivity index (χ2n) is 3.43. The van der Waals surface area contributed by atoms with E-state index in [1.165, 1.54) is 18.2 Å². The van der Waals surface area contributed by atoms with Crippen molar-refractivity contribution in [2.75, 3.05) is 0 Å². The van der Waals surface area contributed by atoms with Crippen LogP contribution in [0.15, 0.2) is 28.7 Å². The summed E-state index contributed by atoms with van der Waals surface area (Å²) in [6, 6.07) is 6.65. The Kier molecular flexibility index (Phi) is 3.98. The summed E-state index contributed by atoms with van der Waals surface area (Å²) < 4.78 is 32.1. The lowest BCUT2D eigenvalue weighted by atomic mass is 10.3. The SMILES string of the molecule is N#Cc1cc(Cl)nc(Oc2cc(Br)cc(F)c2F)c1. The molecule has 0 aliphatic heterocycles. The summed E-state index contributed by atoms with van der Waals surface area (Å²) in [5, 5.41) is 8.78. The highest BCUT2D eigenvalue weighted by molar-refractivity contribution is 9.10. The first-order chi connectivity index (χ1) is 8.99. The summed E-state index contributed by atoms with van der Waals surface area (Å²) in [6.45, 7) is 0. The molecule has 3 nitrogen and oxygen atoms in total. The molecular formula is C12H4BrClF2N2O. The van der Waals surface area contributed by atoms with E-state index in [0.717, 1.165) is 6.07 Å². The minimum atomic E-state index is -1.15. The Labute approximate surface area is 120 Å². The van der Waals surface area contributed by atoms with Crippen LogP contribution in [-0.4, -0.2) is 4.98 Å². The average Bonchev–Trinajstić information content (AvgIpc) is 2.34. The maximum atomic E-state index is 13.5. The molecule has 0 aliphatic rings. The zero-order valence-electron chi connectivity index (χ0n) is 9.12. The standard InChI is InChI=1S/C12H4BrClF2N2O/c13-7-3-8(15)12(16)9(4-7)19-11-2-6(5-17)1-10(14)18-11/h1-4H. The van der Waals surface area contributed by atoms with Crippen molar-refractivity contribution in [3.8, 4) is 17.7 Å². The number of ether oxygens (including phenoxy) is 1. The zero-order chi connectivity index (χ0) is 14.0. The Hall–Kier alpha value is -1.71. The van der Waals surface area contributed by atoms with Crippen LogP contribution in [0.25, 0.3) is 0 Å². The molecule has 0 bridgehead atoms. The molecule has 0 spiro atoms. The third kappa shape index (κ3) is 3.19. The van der Waals surface area contributed by atoms with Gasteiger partial charge in [-0.1, -0.05) is 27.5 Å². The maximum Gasteiger partial charge on any atom is 0.222 e. The molecule has 0 amide bonds. The number of nitrogens with zero attached hydrogens (tertiary/aromatic N) is 2. The number of hydrogen-bond donors (Lipinski definition) is 0. The summed E-state index contributed by atoms with van der Waals surface area (Å²) in [5.74, 6) is -2.67. The van der Waals surface area contributed by atoms with E-state index >= 15 is 0 Å². The molecule has 19 heavy (non-hydrogen) atoms. The Morgan fingerprint density at radius 1 is 1.26 bits per heavy atom. The molecule has 0 saturated heterocycles. The van der Waals surface area contributed by atoms with Crippen molar-refractivity contribution in [2.45, 2.75) is 0 Å². The molecule has 0 radical (unpaired) electrons. The van der Waals surface area contributed by atoms with Crippen LogP contribution in [0, 0.1) is 23.0 Å². The fourth-order valence-electron chi connectivity index (χ4n) is 1.31. The average molecular weight is 346 g/mol. The smallest absolute Gasteiger partial charge is 0.222 e. The fraction of sp³-hybridized carbons (Fsp3) is 0. The van der Waals surface area contributed by atoms with Crippen molar-refractivity contribution < 1.29 is 13.5 Å². The Morgan fingerprint density at radius 2 is 2.00 bits per heavy atom. The molecule has 0 aliphatic carbocycles. The Morgan fingerprint density at radius 3 is 2.68 bits per heavy atom. The number of rotatable bonds is 2. The van der Waals surface area contributed by atoms with Crippen LogP contribution in [0.3, 0.4) is 0 Å². The van der Waals surface area contributed by atoms with Crippen molar-refractivity contribution in [1.82, 2.24) is 4.98 Å². The molecular weight excluding hydrogens is 341 g/mol. The largest absolute Gasteiger partial charge is 0.436 e. The molecule has 0 saturated carbocycles. The first-order valence-corrected chi connectivity index (χ1v) is 6.07. The van der Waals surface area contributed by atoms with Gasteiger partial charge in [0.2, 0.25) is 11.7 Å². The number of halogens is 4. The lowest BCUT2D eigenvalue weighted by Crippen LogP contribution is -1.95. The monoisotopic (exact) mass is 344 g/mol. The van der Waals surface area contributed by atoms with Crippen molar-refractivity contribution in [3.05, 3.63) is 51.1 Å². The van der Waals surface area contributed by atoms with Gasteiger partial charge in [0.15, 0.2) is 11.6 Å². The lowest BCUT2D eigenvalue weighted by molar-refractivity contribution is 0.405. The molecule has 2 aromatic rings. The second-order valence-corrected chi connectivity index (χ2v) is 4.73. The molecule has 1 aromatic heterocycles. The lowest BCUT2D eigenvalue weighted by Gasteiger charge is -2.07. The van der Waals surface area contributed by atoms with Crippen LogP contribution in [0.1, 0.15) is 5.56 Å². The van der Waals surface area contributed by atoms with Crippen molar-refractivity contribution in [1.29, 1.82) is 5.26 Å². The van der Waals surface area contributed by atoms with Gasteiger partial charge in [0.05, 0.1) is 11.6 Å². The van der Waals surface area contributed by atoms with E-state index in [2.05, 4.69) is 20.9 Å². The van der Waals surface area contributed by atoms with E-state index in [-0.39, 0.29) is 22.3 Å². The Bertz CT molecular complexity index is 688. The molecule has 0 unspecified atom stereocenters. The second kappa shape index (κ2) is 5.51. The van der Waals surface area contributed by atoms with Gasteiger partial charge in [0, 0.05) is 10.5 Å². The summed E-state index contributed by atoms with van der Waals surface area (Å²) >= 11 is 8.70. The highest BCUT2D eigenvalue weighted by Gasteiger charge is 2.13.